The molecule has 0 atom stereocenters. The van der Waals surface area contributed by atoms with Gasteiger partial charge in [-0.1, -0.05) is 42.1 Å². The maximum atomic E-state index is 12.9. The SMILES string of the molecule is CCNc1nc(SCC(=O)N2CCc3[nH]c4ccccc4c3C2)nc2ccccc12. The summed E-state index contributed by atoms with van der Waals surface area (Å²) in [4.78, 5) is 27.7. The molecule has 3 heterocycles. The number of aromatic amines is 1. The molecule has 4 aromatic rings. The highest BCUT2D eigenvalue weighted by molar-refractivity contribution is 7.99. The molecule has 0 saturated carbocycles. The molecule has 0 unspecified atom stereocenters. The number of amides is 1. The van der Waals surface area contributed by atoms with Gasteiger partial charge in [0.1, 0.15) is 5.82 Å². The van der Waals surface area contributed by atoms with Crippen molar-refractivity contribution in [2.24, 2.45) is 0 Å². The van der Waals surface area contributed by atoms with Crippen molar-refractivity contribution in [2.45, 2.75) is 25.0 Å². The number of benzene rings is 2. The fourth-order valence-corrected chi connectivity index (χ4v) is 4.77. The minimum absolute atomic E-state index is 0.123. The van der Waals surface area contributed by atoms with Crippen molar-refractivity contribution >= 4 is 45.3 Å². The van der Waals surface area contributed by atoms with Crippen molar-refractivity contribution in [1.29, 1.82) is 0 Å². The Kier molecular flexibility index (Phi) is 5.04. The first-order valence-electron chi connectivity index (χ1n) is 10.2. The van der Waals surface area contributed by atoms with Crippen LogP contribution in [0.2, 0.25) is 0 Å². The Bertz CT molecular complexity index is 1230. The zero-order valence-electron chi connectivity index (χ0n) is 16.8. The van der Waals surface area contributed by atoms with Gasteiger partial charge in [0.05, 0.1) is 11.3 Å². The fraction of sp³-hybridized carbons (Fsp3) is 0.261. The molecule has 30 heavy (non-hydrogen) atoms. The van der Waals surface area contributed by atoms with Gasteiger partial charge in [-0.3, -0.25) is 4.79 Å². The van der Waals surface area contributed by atoms with Gasteiger partial charge in [-0.25, -0.2) is 9.97 Å². The zero-order valence-corrected chi connectivity index (χ0v) is 17.6. The Hall–Kier alpha value is -3.06. The lowest BCUT2D eigenvalue weighted by molar-refractivity contribution is -0.129. The number of carbonyl (C=O) groups excluding carboxylic acids is 1. The smallest absolute Gasteiger partial charge is 0.233 e. The van der Waals surface area contributed by atoms with Gasteiger partial charge in [-0.15, -0.1) is 0 Å². The van der Waals surface area contributed by atoms with Gasteiger partial charge in [0, 0.05) is 53.6 Å². The summed E-state index contributed by atoms with van der Waals surface area (Å²) in [5, 5.41) is 6.14. The van der Waals surface area contributed by atoms with Crippen molar-refractivity contribution in [2.75, 3.05) is 24.2 Å². The molecule has 6 nitrogen and oxygen atoms in total. The molecule has 152 valence electrons. The van der Waals surface area contributed by atoms with Crippen LogP contribution in [0.5, 0.6) is 0 Å². The number of nitrogens with zero attached hydrogens (tertiary/aromatic N) is 3. The molecule has 2 aromatic heterocycles. The first-order valence-corrected chi connectivity index (χ1v) is 11.2. The number of carbonyl (C=O) groups is 1. The van der Waals surface area contributed by atoms with Gasteiger partial charge in [0.25, 0.3) is 0 Å². The summed E-state index contributed by atoms with van der Waals surface area (Å²) in [5.74, 6) is 1.28. The molecule has 0 spiro atoms. The van der Waals surface area contributed by atoms with E-state index in [0.717, 1.165) is 41.7 Å². The lowest BCUT2D eigenvalue weighted by Crippen LogP contribution is -2.36. The molecule has 0 fully saturated rings. The summed E-state index contributed by atoms with van der Waals surface area (Å²) in [7, 11) is 0. The van der Waals surface area contributed by atoms with Crippen LogP contribution in [0.15, 0.2) is 53.7 Å². The Morgan fingerprint density at radius 3 is 2.80 bits per heavy atom. The summed E-state index contributed by atoms with van der Waals surface area (Å²) >= 11 is 1.40. The Morgan fingerprint density at radius 1 is 1.13 bits per heavy atom. The van der Waals surface area contributed by atoms with Crippen molar-refractivity contribution in [3.05, 3.63) is 59.8 Å². The van der Waals surface area contributed by atoms with Gasteiger partial charge < -0.3 is 15.2 Å². The standard InChI is InChI=1S/C23H23N5OS/c1-2-24-22-16-8-4-6-10-19(16)26-23(27-22)30-14-21(29)28-12-11-20-17(13-28)15-7-3-5-9-18(15)25-20/h3-10,25H,2,11-14H2,1H3,(H,24,26,27). The van der Waals surface area contributed by atoms with Crippen molar-refractivity contribution in [1.82, 2.24) is 19.9 Å². The molecule has 0 aliphatic carbocycles. The number of anilines is 1. The van der Waals surface area contributed by atoms with E-state index in [2.05, 4.69) is 32.4 Å². The molecular formula is C23H23N5OS. The molecule has 5 rings (SSSR count). The van der Waals surface area contributed by atoms with Crippen LogP contribution in [0, 0.1) is 0 Å². The second-order valence-corrected chi connectivity index (χ2v) is 8.33. The van der Waals surface area contributed by atoms with Crippen LogP contribution in [0.3, 0.4) is 0 Å². The Labute approximate surface area is 179 Å². The molecule has 7 heteroatoms. The molecular weight excluding hydrogens is 394 g/mol. The van der Waals surface area contributed by atoms with Crippen LogP contribution in [-0.4, -0.2) is 44.6 Å². The number of hydrogen-bond acceptors (Lipinski definition) is 5. The minimum Gasteiger partial charge on any atom is -0.370 e. The molecule has 2 aromatic carbocycles. The third-order valence-electron chi connectivity index (χ3n) is 5.49. The highest BCUT2D eigenvalue weighted by Gasteiger charge is 2.24. The van der Waals surface area contributed by atoms with Crippen molar-refractivity contribution in [3.8, 4) is 0 Å². The van der Waals surface area contributed by atoms with Crippen LogP contribution in [0.4, 0.5) is 5.82 Å². The van der Waals surface area contributed by atoms with E-state index in [1.807, 2.05) is 48.2 Å². The predicted molar refractivity (Wildman–Crippen MR) is 122 cm³/mol. The second kappa shape index (κ2) is 7.99. The molecule has 1 amide bonds. The highest BCUT2D eigenvalue weighted by Crippen LogP contribution is 2.29. The highest BCUT2D eigenvalue weighted by atomic mass is 32.2. The molecule has 0 radical (unpaired) electrons. The quantitative estimate of drug-likeness (QED) is 0.376. The lowest BCUT2D eigenvalue weighted by atomic mass is 10.0. The van der Waals surface area contributed by atoms with Gasteiger partial charge in [0.2, 0.25) is 5.91 Å². The summed E-state index contributed by atoms with van der Waals surface area (Å²) < 4.78 is 0. The van der Waals surface area contributed by atoms with E-state index in [1.165, 1.54) is 28.4 Å². The van der Waals surface area contributed by atoms with Gasteiger partial charge in [-0.2, -0.15) is 0 Å². The van der Waals surface area contributed by atoms with E-state index in [4.69, 9.17) is 0 Å². The third-order valence-corrected chi connectivity index (χ3v) is 6.32. The summed E-state index contributed by atoms with van der Waals surface area (Å²) in [6, 6.07) is 16.2. The maximum Gasteiger partial charge on any atom is 0.233 e. The summed E-state index contributed by atoms with van der Waals surface area (Å²) in [6.45, 7) is 4.22. The van der Waals surface area contributed by atoms with Gasteiger partial charge >= 0.3 is 0 Å². The van der Waals surface area contributed by atoms with E-state index >= 15 is 0 Å². The predicted octanol–water partition coefficient (Wildman–Crippen LogP) is 4.22. The monoisotopic (exact) mass is 417 g/mol. The van der Waals surface area contributed by atoms with E-state index in [9.17, 15) is 4.79 Å². The third kappa shape index (κ3) is 3.50. The first kappa shape index (κ1) is 18.9. The van der Waals surface area contributed by atoms with Gasteiger partial charge in [0.15, 0.2) is 5.16 Å². The van der Waals surface area contributed by atoms with Crippen molar-refractivity contribution < 1.29 is 4.79 Å². The van der Waals surface area contributed by atoms with E-state index in [0.29, 0.717) is 17.5 Å². The molecule has 2 N–H and O–H groups in total. The average molecular weight is 418 g/mol. The van der Waals surface area contributed by atoms with Gasteiger partial charge in [-0.05, 0) is 25.1 Å². The normalized spacial score (nSPS) is 13.6. The van der Waals surface area contributed by atoms with E-state index in [1.54, 1.807) is 0 Å². The molecule has 0 bridgehead atoms. The van der Waals surface area contributed by atoms with E-state index in [-0.39, 0.29) is 5.91 Å². The molecule has 0 saturated heterocycles. The largest absolute Gasteiger partial charge is 0.370 e. The van der Waals surface area contributed by atoms with E-state index < -0.39 is 0 Å². The average Bonchev–Trinajstić information content (AvgIpc) is 3.15. The fourth-order valence-electron chi connectivity index (χ4n) is 4.02. The number of hydrogen-bond donors (Lipinski definition) is 2. The Balaban J connectivity index is 1.32. The first-order chi connectivity index (χ1) is 14.7. The van der Waals surface area contributed by atoms with Crippen LogP contribution < -0.4 is 5.32 Å². The molecule has 1 aliphatic heterocycles. The summed E-state index contributed by atoms with van der Waals surface area (Å²) in [6.07, 6.45) is 0.859. The van der Waals surface area contributed by atoms with Crippen LogP contribution in [-0.2, 0) is 17.8 Å². The van der Waals surface area contributed by atoms with Crippen LogP contribution in [0.1, 0.15) is 18.2 Å². The number of rotatable bonds is 5. The van der Waals surface area contributed by atoms with Crippen LogP contribution >= 0.6 is 11.8 Å². The lowest BCUT2D eigenvalue weighted by Gasteiger charge is -2.27. The Morgan fingerprint density at radius 2 is 1.93 bits per heavy atom. The number of H-pyrrole nitrogens is 1. The maximum absolute atomic E-state index is 12.9. The van der Waals surface area contributed by atoms with Crippen molar-refractivity contribution in [3.63, 3.8) is 0 Å². The zero-order chi connectivity index (χ0) is 20.5. The number of thioether (sulfide) groups is 1. The number of para-hydroxylation sites is 2. The second-order valence-electron chi connectivity index (χ2n) is 7.38. The summed E-state index contributed by atoms with van der Waals surface area (Å²) in [5.41, 5.74) is 4.53. The molecule has 1 aliphatic rings. The minimum atomic E-state index is 0.123. The number of nitrogens with one attached hydrogen (secondary N) is 2. The topological polar surface area (TPSA) is 73.9 Å². The van der Waals surface area contributed by atoms with Crippen LogP contribution in [0.25, 0.3) is 21.8 Å². The number of fused-ring (bicyclic) bond motifs is 4. The number of aromatic nitrogens is 3.